The Hall–Kier alpha value is -2.04. The molecule has 1 saturated carbocycles. The molecule has 5 nitrogen and oxygen atoms in total. The minimum atomic E-state index is 0.0357. The van der Waals surface area contributed by atoms with Crippen LogP contribution in [0.15, 0.2) is 18.2 Å². The fourth-order valence-electron chi connectivity index (χ4n) is 3.76. The SMILES string of the molecule is Cc1ccc(C)c(CC(=O)N2CCN(C(=O)NC3CCCC3)CC2)c1. The zero-order chi connectivity index (χ0) is 17.8. The number of nitrogens with zero attached hydrogens (tertiary/aromatic N) is 2. The van der Waals surface area contributed by atoms with Crippen LogP contribution in [0.2, 0.25) is 0 Å². The molecule has 1 aliphatic heterocycles. The van der Waals surface area contributed by atoms with E-state index >= 15 is 0 Å². The molecular weight excluding hydrogens is 314 g/mol. The van der Waals surface area contributed by atoms with Crippen molar-refractivity contribution in [2.24, 2.45) is 0 Å². The van der Waals surface area contributed by atoms with Crippen LogP contribution in [0.5, 0.6) is 0 Å². The second kappa shape index (κ2) is 7.89. The van der Waals surface area contributed by atoms with E-state index in [1.54, 1.807) is 0 Å². The van der Waals surface area contributed by atoms with Crippen LogP contribution in [0.1, 0.15) is 42.4 Å². The summed E-state index contributed by atoms with van der Waals surface area (Å²) in [4.78, 5) is 28.6. The molecule has 0 spiro atoms. The fraction of sp³-hybridized carbons (Fsp3) is 0.600. The van der Waals surface area contributed by atoms with Gasteiger partial charge in [0.2, 0.25) is 5.91 Å². The van der Waals surface area contributed by atoms with E-state index < -0.39 is 0 Å². The summed E-state index contributed by atoms with van der Waals surface area (Å²) in [7, 11) is 0. The van der Waals surface area contributed by atoms with Crippen molar-refractivity contribution in [1.82, 2.24) is 15.1 Å². The van der Waals surface area contributed by atoms with Crippen molar-refractivity contribution in [3.05, 3.63) is 34.9 Å². The Morgan fingerprint density at radius 1 is 1.04 bits per heavy atom. The van der Waals surface area contributed by atoms with E-state index in [1.165, 1.54) is 18.4 Å². The summed E-state index contributed by atoms with van der Waals surface area (Å²) >= 11 is 0. The third kappa shape index (κ3) is 4.53. The standard InChI is InChI=1S/C20H29N3O2/c1-15-7-8-16(2)17(13-15)14-19(24)22-9-11-23(12-10-22)20(25)21-18-5-3-4-6-18/h7-8,13,18H,3-6,9-12,14H2,1-2H3,(H,21,25). The molecule has 136 valence electrons. The van der Waals surface area contributed by atoms with Gasteiger partial charge in [0.1, 0.15) is 0 Å². The Kier molecular flexibility index (Phi) is 5.61. The van der Waals surface area contributed by atoms with Crippen LogP contribution >= 0.6 is 0 Å². The lowest BCUT2D eigenvalue weighted by molar-refractivity contribution is -0.131. The normalized spacial score (nSPS) is 18.5. The molecule has 0 unspecified atom stereocenters. The Morgan fingerprint density at radius 3 is 2.36 bits per heavy atom. The topological polar surface area (TPSA) is 52.7 Å². The number of benzene rings is 1. The Bertz CT molecular complexity index is 630. The van der Waals surface area contributed by atoms with E-state index in [2.05, 4.69) is 30.4 Å². The first kappa shape index (κ1) is 17.8. The molecule has 1 saturated heterocycles. The average Bonchev–Trinajstić information content (AvgIpc) is 3.11. The summed E-state index contributed by atoms with van der Waals surface area (Å²) in [6, 6.07) is 6.62. The molecule has 1 heterocycles. The lowest BCUT2D eigenvalue weighted by Gasteiger charge is -2.35. The summed E-state index contributed by atoms with van der Waals surface area (Å²) in [6.45, 7) is 6.60. The van der Waals surface area contributed by atoms with Crippen molar-refractivity contribution in [3.8, 4) is 0 Å². The van der Waals surface area contributed by atoms with Gasteiger partial charge in [0.25, 0.3) is 0 Å². The predicted octanol–water partition coefficient (Wildman–Crippen LogP) is 2.64. The maximum absolute atomic E-state index is 12.6. The summed E-state index contributed by atoms with van der Waals surface area (Å²) in [5.41, 5.74) is 3.45. The van der Waals surface area contributed by atoms with Crippen molar-refractivity contribution in [2.45, 2.75) is 52.0 Å². The number of aryl methyl sites for hydroxylation is 2. The maximum Gasteiger partial charge on any atom is 0.317 e. The van der Waals surface area contributed by atoms with Gasteiger partial charge in [0, 0.05) is 32.2 Å². The first-order valence-corrected chi connectivity index (χ1v) is 9.42. The van der Waals surface area contributed by atoms with Crippen molar-refractivity contribution >= 4 is 11.9 Å². The molecule has 5 heteroatoms. The molecule has 1 aromatic rings. The largest absolute Gasteiger partial charge is 0.339 e. The van der Waals surface area contributed by atoms with E-state index in [0.717, 1.165) is 24.0 Å². The van der Waals surface area contributed by atoms with Crippen LogP contribution in [0, 0.1) is 13.8 Å². The number of carbonyl (C=O) groups is 2. The highest BCUT2D eigenvalue weighted by Gasteiger charge is 2.26. The van der Waals surface area contributed by atoms with Crippen LogP contribution in [-0.4, -0.2) is 54.0 Å². The number of piperazine rings is 1. The fourth-order valence-corrected chi connectivity index (χ4v) is 3.76. The van der Waals surface area contributed by atoms with Crippen molar-refractivity contribution in [1.29, 1.82) is 0 Å². The first-order valence-electron chi connectivity index (χ1n) is 9.42. The van der Waals surface area contributed by atoms with E-state index in [0.29, 0.717) is 38.6 Å². The summed E-state index contributed by atoms with van der Waals surface area (Å²) in [6.07, 6.45) is 5.07. The number of rotatable bonds is 3. The number of urea groups is 1. The molecule has 0 atom stereocenters. The van der Waals surface area contributed by atoms with Gasteiger partial charge in [-0.25, -0.2) is 4.79 Å². The molecule has 2 aliphatic rings. The summed E-state index contributed by atoms with van der Waals surface area (Å²) in [5, 5.41) is 3.13. The second-order valence-electron chi connectivity index (χ2n) is 7.41. The lowest BCUT2D eigenvalue weighted by Crippen LogP contribution is -2.54. The smallest absolute Gasteiger partial charge is 0.317 e. The highest BCUT2D eigenvalue weighted by atomic mass is 16.2. The molecule has 2 fully saturated rings. The number of nitrogens with one attached hydrogen (secondary N) is 1. The van der Waals surface area contributed by atoms with Crippen LogP contribution < -0.4 is 5.32 Å². The third-order valence-corrected chi connectivity index (χ3v) is 5.45. The zero-order valence-corrected chi connectivity index (χ0v) is 15.4. The minimum absolute atomic E-state index is 0.0357. The molecule has 0 bridgehead atoms. The van der Waals surface area contributed by atoms with Gasteiger partial charge < -0.3 is 15.1 Å². The minimum Gasteiger partial charge on any atom is -0.339 e. The number of hydrogen-bond acceptors (Lipinski definition) is 2. The van der Waals surface area contributed by atoms with Gasteiger partial charge in [-0.15, -0.1) is 0 Å². The molecular formula is C20H29N3O2. The highest BCUT2D eigenvalue weighted by molar-refractivity contribution is 5.80. The van der Waals surface area contributed by atoms with Gasteiger partial charge >= 0.3 is 6.03 Å². The van der Waals surface area contributed by atoms with E-state index in [-0.39, 0.29) is 11.9 Å². The molecule has 25 heavy (non-hydrogen) atoms. The van der Waals surface area contributed by atoms with Crippen LogP contribution in [0.3, 0.4) is 0 Å². The average molecular weight is 343 g/mol. The second-order valence-corrected chi connectivity index (χ2v) is 7.41. The number of amides is 3. The highest BCUT2D eigenvalue weighted by Crippen LogP contribution is 2.18. The molecule has 0 radical (unpaired) electrons. The van der Waals surface area contributed by atoms with Gasteiger partial charge in [-0.05, 0) is 37.8 Å². The molecule has 3 rings (SSSR count). The Morgan fingerprint density at radius 2 is 1.68 bits per heavy atom. The molecule has 0 aromatic heterocycles. The van der Waals surface area contributed by atoms with Gasteiger partial charge in [-0.2, -0.15) is 0 Å². The summed E-state index contributed by atoms with van der Waals surface area (Å²) in [5.74, 6) is 0.157. The van der Waals surface area contributed by atoms with Crippen molar-refractivity contribution in [3.63, 3.8) is 0 Å². The van der Waals surface area contributed by atoms with Crippen molar-refractivity contribution in [2.75, 3.05) is 26.2 Å². The monoisotopic (exact) mass is 343 g/mol. The maximum atomic E-state index is 12.6. The molecule has 3 amide bonds. The van der Waals surface area contributed by atoms with Crippen LogP contribution in [0.4, 0.5) is 4.79 Å². The van der Waals surface area contributed by atoms with E-state index in [4.69, 9.17) is 0 Å². The molecule has 1 aromatic carbocycles. The zero-order valence-electron chi connectivity index (χ0n) is 15.4. The van der Waals surface area contributed by atoms with Gasteiger partial charge in [0.15, 0.2) is 0 Å². The van der Waals surface area contributed by atoms with E-state index in [9.17, 15) is 9.59 Å². The number of carbonyl (C=O) groups excluding carboxylic acids is 2. The van der Waals surface area contributed by atoms with E-state index in [1.807, 2.05) is 16.7 Å². The first-order chi connectivity index (χ1) is 12.0. The Balaban J connectivity index is 1.48. The third-order valence-electron chi connectivity index (χ3n) is 5.45. The quantitative estimate of drug-likeness (QED) is 0.917. The van der Waals surface area contributed by atoms with Gasteiger partial charge in [0.05, 0.1) is 6.42 Å². The van der Waals surface area contributed by atoms with Gasteiger partial charge in [-0.1, -0.05) is 36.6 Å². The predicted molar refractivity (Wildman–Crippen MR) is 98.6 cm³/mol. The molecule has 1 N–H and O–H groups in total. The Labute approximate surface area is 150 Å². The van der Waals surface area contributed by atoms with Gasteiger partial charge in [-0.3, -0.25) is 4.79 Å². The summed E-state index contributed by atoms with van der Waals surface area (Å²) < 4.78 is 0. The van der Waals surface area contributed by atoms with Crippen molar-refractivity contribution < 1.29 is 9.59 Å². The van der Waals surface area contributed by atoms with Crippen LogP contribution in [-0.2, 0) is 11.2 Å². The number of hydrogen-bond donors (Lipinski definition) is 1. The lowest BCUT2D eigenvalue weighted by atomic mass is 10.0. The molecule has 1 aliphatic carbocycles. The van der Waals surface area contributed by atoms with Crippen LogP contribution in [0.25, 0.3) is 0 Å².